The van der Waals surface area contributed by atoms with E-state index in [-0.39, 0.29) is 0 Å². The summed E-state index contributed by atoms with van der Waals surface area (Å²) in [6.45, 7) is 4.72. The van der Waals surface area contributed by atoms with Crippen LogP contribution in [0.4, 0.5) is 0 Å². The first-order valence-corrected chi connectivity index (χ1v) is 6.76. The van der Waals surface area contributed by atoms with Crippen LogP contribution in [0.3, 0.4) is 0 Å². The molecule has 0 aliphatic heterocycles. The van der Waals surface area contributed by atoms with Crippen molar-refractivity contribution < 1.29 is 14.6 Å². The Kier molecular flexibility index (Phi) is 5.02. The van der Waals surface area contributed by atoms with Gasteiger partial charge in [0.05, 0.1) is 6.10 Å². The predicted octanol–water partition coefficient (Wildman–Crippen LogP) is 3.51. The molecular weight excluding hydrogens is 252 g/mol. The first kappa shape index (κ1) is 14.4. The van der Waals surface area contributed by atoms with Crippen LogP contribution in [-0.4, -0.2) is 18.3 Å². The van der Waals surface area contributed by atoms with Crippen LogP contribution in [0.15, 0.2) is 48.5 Å². The average Bonchev–Trinajstić information content (AvgIpc) is 2.46. The molecular formula is C17H20O3. The second-order valence-corrected chi connectivity index (χ2v) is 4.71. The Bertz CT molecular complexity index is 535. The number of benzene rings is 2. The van der Waals surface area contributed by atoms with Crippen molar-refractivity contribution in [1.29, 1.82) is 0 Å². The van der Waals surface area contributed by atoms with Crippen molar-refractivity contribution in [3.63, 3.8) is 0 Å². The Hall–Kier alpha value is -2.00. The molecule has 0 aliphatic carbocycles. The van der Waals surface area contributed by atoms with Crippen LogP contribution in [0.5, 0.6) is 11.5 Å². The summed E-state index contributed by atoms with van der Waals surface area (Å²) in [6, 6.07) is 15.4. The molecule has 0 spiro atoms. The van der Waals surface area contributed by atoms with Crippen LogP contribution in [0.2, 0.25) is 0 Å². The molecule has 3 heteroatoms. The van der Waals surface area contributed by atoms with E-state index in [1.165, 1.54) is 0 Å². The van der Waals surface area contributed by atoms with Crippen LogP contribution >= 0.6 is 0 Å². The van der Waals surface area contributed by atoms with E-state index in [2.05, 4.69) is 0 Å². The monoisotopic (exact) mass is 272 g/mol. The van der Waals surface area contributed by atoms with E-state index in [0.717, 1.165) is 22.6 Å². The second kappa shape index (κ2) is 6.96. The highest BCUT2D eigenvalue weighted by Gasteiger charge is 2.05. The zero-order valence-electron chi connectivity index (χ0n) is 11.9. The van der Waals surface area contributed by atoms with Crippen molar-refractivity contribution in [2.45, 2.75) is 20.0 Å². The maximum Gasteiger partial charge on any atom is 0.122 e. The maximum absolute atomic E-state index is 9.52. The summed E-state index contributed by atoms with van der Waals surface area (Å²) in [6.07, 6.45) is -0.454. The topological polar surface area (TPSA) is 38.7 Å². The van der Waals surface area contributed by atoms with Crippen LogP contribution in [0, 0.1) is 6.92 Å². The van der Waals surface area contributed by atoms with E-state index < -0.39 is 6.10 Å². The molecule has 2 aromatic carbocycles. The number of hydrogen-bond acceptors (Lipinski definition) is 3. The van der Waals surface area contributed by atoms with Crippen molar-refractivity contribution in [2.24, 2.45) is 0 Å². The maximum atomic E-state index is 9.52. The zero-order chi connectivity index (χ0) is 14.4. The van der Waals surface area contributed by atoms with Crippen LogP contribution < -0.4 is 9.47 Å². The van der Waals surface area contributed by atoms with Gasteiger partial charge in [0.1, 0.15) is 24.7 Å². The number of aliphatic hydroxyl groups is 1. The molecule has 3 nitrogen and oxygen atoms in total. The Morgan fingerprint density at radius 3 is 2.35 bits per heavy atom. The zero-order valence-corrected chi connectivity index (χ0v) is 11.9. The number of hydrogen-bond donors (Lipinski definition) is 1. The number of para-hydroxylation sites is 1. The Balaban J connectivity index is 1.82. The quantitative estimate of drug-likeness (QED) is 0.818. The van der Waals surface area contributed by atoms with E-state index in [4.69, 9.17) is 9.47 Å². The van der Waals surface area contributed by atoms with E-state index in [0.29, 0.717) is 13.2 Å². The lowest BCUT2D eigenvalue weighted by atomic mass is 10.1. The van der Waals surface area contributed by atoms with Crippen molar-refractivity contribution in [1.82, 2.24) is 0 Å². The summed E-state index contributed by atoms with van der Waals surface area (Å²) in [7, 11) is 0. The second-order valence-electron chi connectivity index (χ2n) is 4.71. The minimum Gasteiger partial charge on any atom is -0.490 e. The average molecular weight is 272 g/mol. The molecule has 0 radical (unpaired) electrons. The third-order valence-electron chi connectivity index (χ3n) is 3.03. The van der Waals surface area contributed by atoms with Crippen molar-refractivity contribution in [2.75, 3.05) is 13.2 Å². The molecule has 0 saturated carbocycles. The van der Waals surface area contributed by atoms with E-state index >= 15 is 0 Å². The molecule has 2 aromatic rings. The van der Waals surface area contributed by atoms with Crippen molar-refractivity contribution in [3.8, 4) is 11.5 Å². The fraction of sp³-hybridized carbons (Fsp3) is 0.294. The van der Waals surface area contributed by atoms with Crippen molar-refractivity contribution >= 4 is 0 Å². The van der Waals surface area contributed by atoms with Gasteiger partial charge in [-0.05, 0) is 49.2 Å². The fourth-order valence-corrected chi connectivity index (χ4v) is 1.92. The van der Waals surface area contributed by atoms with Gasteiger partial charge >= 0.3 is 0 Å². The van der Waals surface area contributed by atoms with E-state index in [1.807, 2.05) is 55.5 Å². The normalized spacial score (nSPS) is 11.9. The summed E-state index contributed by atoms with van der Waals surface area (Å²) >= 11 is 0. The van der Waals surface area contributed by atoms with Gasteiger partial charge in [0.15, 0.2) is 0 Å². The highest BCUT2D eigenvalue weighted by atomic mass is 16.5. The van der Waals surface area contributed by atoms with Gasteiger partial charge in [-0.3, -0.25) is 0 Å². The van der Waals surface area contributed by atoms with E-state index in [1.54, 1.807) is 6.92 Å². The summed E-state index contributed by atoms with van der Waals surface area (Å²) in [5.41, 5.74) is 1.92. The molecule has 0 bridgehead atoms. The van der Waals surface area contributed by atoms with Gasteiger partial charge < -0.3 is 14.6 Å². The lowest BCUT2D eigenvalue weighted by molar-refractivity contribution is 0.198. The number of ether oxygens (including phenoxy) is 2. The van der Waals surface area contributed by atoms with Gasteiger partial charge in [0.25, 0.3) is 0 Å². The summed E-state index contributed by atoms with van der Waals surface area (Å²) in [4.78, 5) is 0. The lowest BCUT2D eigenvalue weighted by Crippen LogP contribution is -2.09. The summed E-state index contributed by atoms with van der Waals surface area (Å²) in [5.74, 6) is 1.67. The van der Waals surface area contributed by atoms with Crippen LogP contribution in [0.1, 0.15) is 24.2 Å². The minimum atomic E-state index is -0.454. The number of aryl methyl sites for hydroxylation is 1. The van der Waals surface area contributed by atoms with Gasteiger partial charge in [-0.15, -0.1) is 0 Å². The predicted molar refractivity (Wildman–Crippen MR) is 79.2 cm³/mol. The van der Waals surface area contributed by atoms with Crippen molar-refractivity contribution in [3.05, 3.63) is 59.7 Å². The minimum absolute atomic E-state index is 0.454. The highest BCUT2D eigenvalue weighted by Crippen LogP contribution is 2.22. The molecule has 0 heterocycles. The third-order valence-corrected chi connectivity index (χ3v) is 3.03. The third kappa shape index (κ3) is 4.00. The molecule has 0 amide bonds. The van der Waals surface area contributed by atoms with Gasteiger partial charge in [0, 0.05) is 0 Å². The van der Waals surface area contributed by atoms with Gasteiger partial charge in [-0.2, -0.15) is 0 Å². The Morgan fingerprint density at radius 2 is 1.70 bits per heavy atom. The summed E-state index contributed by atoms with van der Waals surface area (Å²) < 4.78 is 11.3. The number of aliphatic hydroxyl groups excluding tert-OH is 1. The molecule has 0 aliphatic rings. The smallest absolute Gasteiger partial charge is 0.122 e. The molecule has 2 rings (SSSR count). The molecule has 0 aromatic heterocycles. The fourth-order valence-electron chi connectivity index (χ4n) is 1.92. The standard InChI is InChI=1S/C17H20O3/c1-13-12-15(14(2)18)8-9-17(13)20-11-10-19-16-6-4-3-5-7-16/h3-9,12,14,18H,10-11H2,1-2H3/t14-/m1/s1. The molecule has 0 saturated heterocycles. The SMILES string of the molecule is Cc1cc([C@@H](C)O)ccc1OCCOc1ccccc1. The number of rotatable bonds is 6. The van der Waals surface area contributed by atoms with E-state index in [9.17, 15) is 5.11 Å². The van der Waals surface area contributed by atoms with Crippen LogP contribution in [0.25, 0.3) is 0 Å². The molecule has 1 N–H and O–H groups in total. The summed E-state index contributed by atoms with van der Waals surface area (Å²) in [5, 5.41) is 9.52. The first-order chi connectivity index (χ1) is 9.66. The molecule has 0 fully saturated rings. The molecule has 20 heavy (non-hydrogen) atoms. The Labute approximate surface area is 119 Å². The van der Waals surface area contributed by atoms with Crippen LogP contribution in [-0.2, 0) is 0 Å². The van der Waals surface area contributed by atoms with Gasteiger partial charge in [-0.1, -0.05) is 24.3 Å². The molecule has 0 unspecified atom stereocenters. The van der Waals surface area contributed by atoms with Gasteiger partial charge in [0.2, 0.25) is 0 Å². The van der Waals surface area contributed by atoms with Gasteiger partial charge in [-0.25, -0.2) is 0 Å². The largest absolute Gasteiger partial charge is 0.490 e. The Morgan fingerprint density at radius 1 is 1.00 bits per heavy atom. The molecule has 1 atom stereocenters. The lowest BCUT2D eigenvalue weighted by Gasteiger charge is -2.12. The molecule has 106 valence electrons. The highest BCUT2D eigenvalue weighted by molar-refractivity contribution is 5.36. The first-order valence-electron chi connectivity index (χ1n) is 6.76.